The SMILES string of the molecule is CCN1CCN(C(=O)c2cc(Nc3ccc(N(C)C)cc3)nc(C)n2)CC1. The van der Waals surface area contributed by atoms with E-state index in [0.717, 1.165) is 44.1 Å². The number of carbonyl (C=O) groups excluding carboxylic acids is 1. The van der Waals surface area contributed by atoms with E-state index in [-0.39, 0.29) is 5.91 Å². The summed E-state index contributed by atoms with van der Waals surface area (Å²) in [6, 6.07) is 9.81. The van der Waals surface area contributed by atoms with Crippen LogP contribution >= 0.6 is 0 Å². The normalized spacial score (nSPS) is 14.9. The monoisotopic (exact) mass is 368 g/mol. The van der Waals surface area contributed by atoms with Gasteiger partial charge < -0.3 is 20.0 Å². The van der Waals surface area contributed by atoms with Crippen molar-refractivity contribution >= 4 is 23.1 Å². The number of piperazine rings is 1. The Morgan fingerprint density at radius 1 is 1.11 bits per heavy atom. The van der Waals surface area contributed by atoms with Gasteiger partial charge in [0.1, 0.15) is 17.3 Å². The maximum absolute atomic E-state index is 12.9. The van der Waals surface area contributed by atoms with Crippen molar-refractivity contribution in [2.45, 2.75) is 13.8 Å². The molecule has 2 aromatic rings. The van der Waals surface area contributed by atoms with Gasteiger partial charge >= 0.3 is 0 Å². The quantitative estimate of drug-likeness (QED) is 0.874. The lowest BCUT2D eigenvalue weighted by Gasteiger charge is -2.33. The molecule has 1 aromatic heterocycles. The van der Waals surface area contributed by atoms with Crippen LogP contribution in [0.3, 0.4) is 0 Å². The Hall–Kier alpha value is -2.67. The van der Waals surface area contributed by atoms with Crippen LogP contribution < -0.4 is 10.2 Å². The molecule has 0 radical (unpaired) electrons. The number of amides is 1. The summed E-state index contributed by atoms with van der Waals surface area (Å²) in [5.74, 6) is 1.19. The fraction of sp³-hybridized carbons (Fsp3) is 0.450. The van der Waals surface area contributed by atoms with Crippen molar-refractivity contribution in [1.82, 2.24) is 19.8 Å². The van der Waals surface area contributed by atoms with Crippen LogP contribution in [-0.4, -0.2) is 72.5 Å². The predicted octanol–water partition coefficient (Wildman–Crippen LogP) is 2.37. The van der Waals surface area contributed by atoms with Crippen molar-refractivity contribution in [3.63, 3.8) is 0 Å². The minimum absolute atomic E-state index is 0.0257. The van der Waals surface area contributed by atoms with E-state index in [1.54, 1.807) is 6.07 Å². The lowest BCUT2D eigenvalue weighted by Crippen LogP contribution is -2.48. The van der Waals surface area contributed by atoms with Crippen LogP contribution in [0, 0.1) is 6.92 Å². The molecule has 1 aromatic carbocycles. The number of aryl methyl sites for hydroxylation is 1. The zero-order valence-electron chi connectivity index (χ0n) is 16.6. The largest absolute Gasteiger partial charge is 0.378 e. The van der Waals surface area contributed by atoms with Crippen LogP contribution in [-0.2, 0) is 0 Å². The lowest BCUT2D eigenvalue weighted by molar-refractivity contribution is 0.0637. The minimum atomic E-state index is -0.0257. The topological polar surface area (TPSA) is 64.6 Å². The highest BCUT2D eigenvalue weighted by molar-refractivity contribution is 5.93. The zero-order valence-corrected chi connectivity index (χ0v) is 16.6. The second-order valence-electron chi connectivity index (χ2n) is 6.98. The first kappa shape index (κ1) is 19.1. The van der Waals surface area contributed by atoms with Gasteiger partial charge in [-0.3, -0.25) is 4.79 Å². The molecule has 2 heterocycles. The second-order valence-corrected chi connectivity index (χ2v) is 6.98. The molecule has 3 rings (SSSR count). The van der Waals surface area contributed by atoms with Gasteiger partial charge in [-0.25, -0.2) is 9.97 Å². The average molecular weight is 368 g/mol. The molecular formula is C20H28N6O. The summed E-state index contributed by atoms with van der Waals surface area (Å²) in [4.78, 5) is 27.9. The fourth-order valence-electron chi connectivity index (χ4n) is 3.16. The highest BCUT2D eigenvalue weighted by atomic mass is 16.2. The number of anilines is 3. The Labute approximate surface area is 161 Å². The van der Waals surface area contributed by atoms with Gasteiger partial charge in [0.15, 0.2) is 0 Å². The van der Waals surface area contributed by atoms with Crippen LogP contribution in [0.1, 0.15) is 23.2 Å². The van der Waals surface area contributed by atoms with Gasteiger partial charge in [0.25, 0.3) is 5.91 Å². The van der Waals surface area contributed by atoms with E-state index in [1.165, 1.54) is 0 Å². The third kappa shape index (κ3) is 4.74. The molecule has 1 amide bonds. The van der Waals surface area contributed by atoms with Gasteiger partial charge in [0.05, 0.1) is 0 Å². The van der Waals surface area contributed by atoms with Crippen LogP contribution in [0.25, 0.3) is 0 Å². The third-order valence-corrected chi connectivity index (χ3v) is 4.82. The van der Waals surface area contributed by atoms with E-state index in [0.29, 0.717) is 17.3 Å². The number of hydrogen-bond acceptors (Lipinski definition) is 6. The number of aromatic nitrogens is 2. The van der Waals surface area contributed by atoms with Crippen molar-refractivity contribution < 1.29 is 4.79 Å². The number of carbonyl (C=O) groups is 1. The molecular weight excluding hydrogens is 340 g/mol. The molecule has 1 N–H and O–H groups in total. The number of hydrogen-bond donors (Lipinski definition) is 1. The summed E-state index contributed by atoms with van der Waals surface area (Å²) < 4.78 is 0. The molecule has 0 saturated carbocycles. The first-order valence-electron chi connectivity index (χ1n) is 9.38. The van der Waals surface area contributed by atoms with E-state index in [9.17, 15) is 4.79 Å². The first-order chi connectivity index (χ1) is 13.0. The number of rotatable bonds is 5. The maximum atomic E-state index is 12.9. The molecule has 1 saturated heterocycles. The molecule has 0 spiro atoms. The summed E-state index contributed by atoms with van der Waals surface area (Å²) in [5, 5.41) is 3.28. The van der Waals surface area contributed by atoms with Crippen molar-refractivity contribution in [2.75, 3.05) is 57.0 Å². The zero-order chi connectivity index (χ0) is 19.4. The molecule has 144 valence electrons. The average Bonchev–Trinajstić information content (AvgIpc) is 2.67. The Balaban J connectivity index is 1.73. The van der Waals surface area contributed by atoms with E-state index >= 15 is 0 Å². The number of likely N-dealkylation sites (N-methyl/N-ethyl adjacent to an activating group) is 1. The Morgan fingerprint density at radius 3 is 2.37 bits per heavy atom. The molecule has 0 bridgehead atoms. The summed E-state index contributed by atoms with van der Waals surface area (Å²) >= 11 is 0. The van der Waals surface area contributed by atoms with Crippen LogP contribution in [0.2, 0.25) is 0 Å². The molecule has 0 atom stereocenters. The molecule has 1 aliphatic rings. The van der Waals surface area contributed by atoms with E-state index in [1.807, 2.05) is 55.1 Å². The van der Waals surface area contributed by atoms with Gasteiger partial charge in [0.2, 0.25) is 0 Å². The third-order valence-electron chi connectivity index (χ3n) is 4.82. The molecule has 1 fully saturated rings. The fourth-order valence-corrected chi connectivity index (χ4v) is 3.16. The number of benzene rings is 1. The molecule has 0 aliphatic carbocycles. The van der Waals surface area contributed by atoms with Crippen LogP contribution in [0.4, 0.5) is 17.2 Å². The predicted molar refractivity (Wildman–Crippen MR) is 109 cm³/mol. The van der Waals surface area contributed by atoms with Gasteiger partial charge in [0, 0.05) is 57.7 Å². The van der Waals surface area contributed by atoms with E-state index < -0.39 is 0 Å². The van der Waals surface area contributed by atoms with Crippen molar-refractivity contribution in [1.29, 1.82) is 0 Å². The van der Waals surface area contributed by atoms with Crippen LogP contribution in [0.5, 0.6) is 0 Å². The Morgan fingerprint density at radius 2 is 1.78 bits per heavy atom. The molecule has 27 heavy (non-hydrogen) atoms. The van der Waals surface area contributed by atoms with Gasteiger partial charge in [-0.1, -0.05) is 6.92 Å². The smallest absolute Gasteiger partial charge is 0.272 e. The van der Waals surface area contributed by atoms with E-state index in [2.05, 4.69) is 27.1 Å². The summed E-state index contributed by atoms with van der Waals surface area (Å²) in [6.45, 7) is 8.29. The Bertz CT molecular complexity index is 782. The maximum Gasteiger partial charge on any atom is 0.272 e. The summed E-state index contributed by atoms with van der Waals surface area (Å²) in [6.07, 6.45) is 0. The van der Waals surface area contributed by atoms with Crippen LogP contribution in [0.15, 0.2) is 30.3 Å². The summed E-state index contributed by atoms with van der Waals surface area (Å²) in [5.41, 5.74) is 2.50. The molecule has 7 heteroatoms. The molecule has 1 aliphatic heterocycles. The van der Waals surface area contributed by atoms with Gasteiger partial charge in [-0.05, 0) is 37.7 Å². The number of nitrogens with one attached hydrogen (secondary N) is 1. The van der Waals surface area contributed by atoms with E-state index in [4.69, 9.17) is 0 Å². The lowest BCUT2D eigenvalue weighted by atomic mass is 10.2. The molecule has 7 nitrogen and oxygen atoms in total. The van der Waals surface area contributed by atoms with Gasteiger partial charge in [-0.15, -0.1) is 0 Å². The van der Waals surface area contributed by atoms with Crippen molar-refractivity contribution in [3.05, 3.63) is 41.9 Å². The standard InChI is InChI=1S/C20H28N6O/c1-5-25-10-12-26(13-11-25)20(27)18-14-19(22-15(2)21-18)23-16-6-8-17(9-7-16)24(3)4/h6-9,14H,5,10-13H2,1-4H3,(H,21,22,23). The highest BCUT2D eigenvalue weighted by Gasteiger charge is 2.23. The Kier molecular flexibility index (Phi) is 5.91. The minimum Gasteiger partial charge on any atom is -0.378 e. The molecule has 0 unspecified atom stereocenters. The number of nitrogens with zero attached hydrogens (tertiary/aromatic N) is 5. The highest BCUT2D eigenvalue weighted by Crippen LogP contribution is 2.20. The second kappa shape index (κ2) is 8.35. The van der Waals surface area contributed by atoms with Crippen molar-refractivity contribution in [2.24, 2.45) is 0 Å². The summed E-state index contributed by atoms with van der Waals surface area (Å²) in [7, 11) is 4.02. The van der Waals surface area contributed by atoms with Crippen molar-refractivity contribution in [3.8, 4) is 0 Å². The first-order valence-corrected chi connectivity index (χ1v) is 9.38. The van der Waals surface area contributed by atoms with Gasteiger partial charge in [-0.2, -0.15) is 0 Å².